The van der Waals surface area contributed by atoms with Crippen LogP contribution < -0.4 is 5.32 Å². The Kier molecular flexibility index (Phi) is 7.12. The van der Waals surface area contributed by atoms with Crippen molar-refractivity contribution in [2.45, 2.75) is 26.7 Å². The van der Waals surface area contributed by atoms with Gasteiger partial charge in [-0.3, -0.25) is 14.4 Å². The molecule has 1 unspecified atom stereocenters. The minimum absolute atomic E-state index is 0.0462. The Balaban J connectivity index is 2.03. The van der Waals surface area contributed by atoms with Gasteiger partial charge in [0.25, 0.3) is 5.91 Å². The highest BCUT2D eigenvalue weighted by Crippen LogP contribution is 2.19. The smallest absolute Gasteiger partial charge is 0.310 e. The lowest BCUT2D eigenvalue weighted by Gasteiger charge is -2.30. The summed E-state index contributed by atoms with van der Waals surface area (Å²) in [5, 5.41) is 12.0. The minimum atomic E-state index is -0.536. The van der Waals surface area contributed by atoms with Gasteiger partial charge in [-0.2, -0.15) is 5.26 Å². The van der Waals surface area contributed by atoms with Crippen molar-refractivity contribution in [2.24, 2.45) is 5.92 Å². The fourth-order valence-corrected chi connectivity index (χ4v) is 2.88. The number of likely N-dealkylation sites (tertiary alicyclic amines) is 1. The van der Waals surface area contributed by atoms with Crippen LogP contribution in [0.15, 0.2) is 36.0 Å². The van der Waals surface area contributed by atoms with Crippen molar-refractivity contribution in [2.75, 3.05) is 25.0 Å². The summed E-state index contributed by atoms with van der Waals surface area (Å²) in [5.41, 5.74) is 0.992. The molecule has 1 atom stereocenters. The third-order valence-corrected chi connectivity index (χ3v) is 4.30. The van der Waals surface area contributed by atoms with Crippen molar-refractivity contribution in [1.82, 2.24) is 4.90 Å². The number of ether oxygens (including phenoxy) is 1. The predicted molar refractivity (Wildman–Crippen MR) is 99.7 cm³/mol. The van der Waals surface area contributed by atoms with Crippen LogP contribution in [0.4, 0.5) is 5.69 Å². The molecule has 0 radical (unpaired) electrons. The average molecular weight is 369 g/mol. The normalized spacial score (nSPS) is 17.0. The van der Waals surface area contributed by atoms with E-state index in [1.54, 1.807) is 31.2 Å². The van der Waals surface area contributed by atoms with E-state index >= 15 is 0 Å². The van der Waals surface area contributed by atoms with E-state index in [2.05, 4.69) is 5.32 Å². The molecule has 27 heavy (non-hydrogen) atoms. The summed E-state index contributed by atoms with van der Waals surface area (Å²) >= 11 is 0. The summed E-state index contributed by atoms with van der Waals surface area (Å²) in [6, 6.07) is 8.36. The number of ketones is 1. The Morgan fingerprint density at radius 1 is 1.33 bits per heavy atom. The van der Waals surface area contributed by atoms with Gasteiger partial charge in [0.05, 0.1) is 12.5 Å². The molecule has 0 spiro atoms. The number of benzene rings is 1. The van der Waals surface area contributed by atoms with Crippen LogP contribution in [0.5, 0.6) is 0 Å². The molecule has 1 aliphatic heterocycles. The van der Waals surface area contributed by atoms with E-state index in [1.807, 2.05) is 11.0 Å². The van der Waals surface area contributed by atoms with Gasteiger partial charge in [0.2, 0.25) is 0 Å². The van der Waals surface area contributed by atoms with Crippen LogP contribution in [0, 0.1) is 17.2 Å². The molecule has 0 bridgehead atoms. The first-order valence-electron chi connectivity index (χ1n) is 8.89. The summed E-state index contributed by atoms with van der Waals surface area (Å²) in [7, 11) is 0. The molecule has 1 aliphatic rings. The number of nitrogens with zero attached hydrogens (tertiary/aromatic N) is 2. The maximum absolute atomic E-state index is 12.4. The summed E-state index contributed by atoms with van der Waals surface area (Å²) in [5.74, 6) is -1.10. The van der Waals surface area contributed by atoms with Gasteiger partial charge < -0.3 is 15.0 Å². The first-order chi connectivity index (χ1) is 12.9. The monoisotopic (exact) mass is 369 g/mol. The predicted octanol–water partition coefficient (Wildman–Crippen LogP) is 2.51. The molecule has 1 aromatic rings. The highest BCUT2D eigenvalue weighted by atomic mass is 16.5. The molecule has 1 heterocycles. The molecule has 1 aromatic carbocycles. The first kappa shape index (κ1) is 20.2. The van der Waals surface area contributed by atoms with E-state index in [4.69, 9.17) is 4.74 Å². The maximum Gasteiger partial charge on any atom is 0.310 e. The number of esters is 1. The van der Waals surface area contributed by atoms with Crippen LogP contribution in [0.1, 0.15) is 37.0 Å². The van der Waals surface area contributed by atoms with Gasteiger partial charge >= 0.3 is 5.97 Å². The number of hydrogen-bond acceptors (Lipinski definition) is 6. The highest BCUT2D eigenvalue weighted by molar-refractivity contribution is 6.06. The Labute approximate surface area is 158 Å². The molecule has 0 aliphatic carbocycles. The van der Waals surface area contributed by atoms with Crippen molar-refractivity contribution in [3.05, 3.63) is 41.6 Å². The molecular formula is C20H23N3O4. The topological polar surface area (TPSA) is 99.5 Å². The van der Waals surface area contributed by atoms with E-state index in [0.717, 1.165) is 12.8 Å². The molecule has 142 valence electrons. The minimum Gasteiger partial charge on any atom is -0.466 e. The lowest BCUT2D eigenvalue weighted by Crippen LogP contribution is -2.37. The molecule has 1 fully saturated rings. The fourth-order valence-electron chi connectivity index (χ4n) is 2.88. The zero-order valence-corrected chi connectivity index (χ0v) is 15.5. The van der Waals surface area contributed by atoms with Crippen molar-refractivity contribution < 1.29 is 19.1 Å². The van der Waals surface area contributed by atoms with E-state index < -0.39 is 5.91 Å². The summed E-state index contributed by atoms with van der Waals surface area (Å²) < 4.78 is 5.06. The van der Waals surface area contributed by atoms with Crippen molar-refractivity contribution in [1.29, 1.82) is 5.26 Å². The maximum atomic E-state index is 12.4. The second-order valence-corrected chi connectivity index (χ2v) is 6.33. The van der Waals surface area contributed by atoms with Crippen LogP contribution in [0.2, 0.25) is 0 Å². The van der Waals surface area contributed by atoms with Crippen LogP contribution in [-0.4, -0.2) is 42.3 Å². The SMILES string of the molecule is CCOC(=O)C1CCCN(/C=C(/C#N)C(=O)Nc2ccc(C(C)=O)cc2)C1. The zero-order chi connectivity index (χ0) is 19.8. The van der Waals surface area contributed by atoms with E-state index in [-0.39, 0.29) is 23.2 Å². The van der Waals surface area contributed by atoms with E-state index in [0.29, 0.717) is 30.9 Å². The van der Waals surface area contributed by atoms with Gasteiger partial charge in [-0.05, 0) is 51.0 Å². The lowest BCUT2D eigenvalue weighted by molar-refractivity contribution is -0.149. The van der Waals surface area contributed by atoms with Gasteiger partial charge in [-0.25, -0.2) is 0 Å². The van der Waals surface area contributed by atoms with E-state index in [1.165, 1.54) is 13.1 Å². The molecule has 7 nitrogen and oxygen atoms in total. The molecular weight excluding hydrogens is 346 g/mol. The van der Waals surface area contributed by atoms with Gasteiger partial charge in [-0.15, -0.1) is 0 Å². The number of nitriles is 1. The number of carbonyl (C=O) groups excluding carboxylic acids is 3. The summed E-state index contributed by atoms with van der Waals surface area (Å²) in [6.45, 7) is 4.65. The van der Waals surface area contributed by atoms with Gasteiger partial charge in [0, 0.05) is 30.5 Å². The van der Waals surface area contributed by atoms with Crippen molar-refractivity contribution in [3.63, 3.8) is 0 Å². The quantitative estimate of drug-likeness (QED) is 0.358. The first-order valence-corrected chi connectivity index (χ1v) is 8.89. The summed E-state index contributed by atoms with van der Waals surface area (Å²) in [4.78, 5) is 37.4. The standard InChI is InChI=1S/C20H23N3O4/c1-3-27-20(26)16-5-4-10-23(12-16)13-17(11-21)19(25)22-18-8-6-15(7-9-18)14(2)24/h6-9,13,16H,3-5,10,12H2,1-2H3,(H,22,25)/b17-13-. The van der Waals surface area contributed by atoms with Gasteiger partial charge in [0.15, 0.2) is 5.78 Å². The van der Waals surface area contributed by atoms with Gasteiger partial charge in [0.1, 0.15) is 11.6 Å². The molecule has 2 rings (SSSR count). The number of piperidine rings is 1. The number of amides is 1. The third-order valence-electron chi connectivity index (χ3n) is 4.30. The molecule has 1 amide bonds. The third kappa shape index (κ3) is 5.68. The number of nitrogens with one attached hydrogen (secondary N) is 1. The van der Waals surface area contributed by atoms with Crippen LogP contribution in [0.3, 0.4) is 0 Å². The summed E-state index contributed by atoms with van der Waals surface area (Å²) in [6.07, 6.45) is 3.01. The number of rotatable bonds is 6. The molecule has 0 saturated carbocycles. The molecule has 1 saturated heterocycles. The van der Waals surface area contributed by atoms with Crippen LogP contribution in [0.25, 0.3) is 0 Å². The molecule has 7 heteroatoms. The molecule has 0 aromatic heterocycles. The Morgan fingerprint density at radius 3 is 2.63 bits per heavy atom. The Morgan fingerprint density at radius 2 is 2.04 bits per heavy atom. The van der Waals surface area contributed by atoms with Crippen molar-refractivity contribution in [3.8, 4) is 6.07 Å². The average Bonchev–Trinajstić information content (AvgIpc) is 2.66. The number of anilines is 1. The number of carbonyl (C=O) groups is 3. The Hall–Kier alpha value is -3.14. The second-order valence-electron chi connectivity index (χ2n) is 6.33. The number of Topliss-reactive ketones (excluding diaryl/α,β-unsaturated/α-hetero) is 1. The van der Waals surface area contributed by atoms with Crippen LogP contribution in [-0.2, 0) is 14.3 Å². The van der Waals surface area contributed by atoms with Crippen molar-refractivity contribution >= 4 is 23.3 Å². The van der Waals surface area contributed by atoms with Gasteiger partial charge in [-0.1, -0.05) is 0 Å². The second kappa shape index (κ2) is 9.53. The fraction of sp³-hybridized carbons (Fsp3) is 0.400. The van der Waals surface area contributed by atoms with E-state index in [9.17, 15) is 19.6 Å². The lowest BCUT2D eigenvalue weighted by atomic mass is 9.98. The van der Waals surface area contributed by atoms with Crippen LogP contribution >= 0.6 is 0 Å². The highest BCUT2D eigenvalue weighted by Gasteiger charge is 2.26. The zero-order valence-electron chi connectivity index (χ0n) is 15.5. The Bertz CT molecular complexity index is 777. The molecule has 1 N–H and O–H groups in total. The largest absolute Gasteiger partial charge is 0.466 e. The number of hydrogen-bond donors (Lipinski definition) is 1.